The zero-order chi connectivity index (χ0) is 22.6. The Balaban J connectivity index is 1.84. The minimum atomic E-state index is -3.99. The van der Waals surface area contributed by atoms with E-state index in [1.807, 2.05) is 0 Å². The van der Waals surface area contributed by atoms with Gasteiger partial charge in [-0.05, 0) is 67.1 Å². The maximum absolute atomic E-state index is 13.0. The van der Waals surface area contributed by atoms with Gasteiger partial charge in [0.25, 0.3) is 21.8 Å². The van der Waals surface area contributed by atoms with Crippen molar-refractivity contribution < 1.29 is 22.4 Å². The van der Waals surface area contributed by atoms with E-state index in [-0.39, 0.29) is 22.1 Å². The first-order valence-electron chi connectivity index (χ1n) is 9.23. The number of rotatable bonds is 6. The Morgan fingerprint density at radius 3 is 2.26 bits per heavy atom. The molecule has 0 aliphatic carbocycles. The van der Waals surface area contributed by atoms with E-state index in [4.69, 9.17) is 0 Å². The lowest BCUT2D eigenvalue weighted by Gasteiger charge is -2.13. The molecule has 0 unspecified atom stereocenters. The number of hydrogen-bond donors (Lipinski definition) is 3. The summed E-state index contributed by atoms with van der Waals surface area (Å²) in [5.74, 6) is -1.30. The minimum Gasteiger partial charge on any atom is -0.355 e. The number of halogens is 1. The van der Waals surface area contributed by atoms with Gasteiger partial charge in [0.15, 0.2) is 0 Å². The van der Waals surface area contributed by atoms with Gasteiger partial charge in [0.05, 0.1) is 4.90 Å². The molecule has 0 aliphatic rings. The fourth-order valence-electron chi connectivity index (χ4n) is 2.88. The van der Waals surface area contributed by atoms with Crippen molar-refractivity contribution in [1.82, 2.24) is 5.32 Å². The Hall–Kier alpha value is -3.72. The van der Waals surface area contributed by atoms with E-state index < -0.39 is 21.7 Å². The van der Waals surface area contributed by atoms with Crippen LogP contribution in [0.15, 0.2) is 71.6 Å². The average molecular weight is 441 g/mol. The Kier molecular flexibility index (Phi) is 6.36. The quantitative estimate of drug-likeness (QED) is 0.544. The van der Waals surface area contributed by atoms with E-state index in [2.05, 4.69) is 15.4 Å². The van der Waals surface area contributed by atoms with Gasteiger partial charge in [-0.15, -0.1) is 0 Å². The van der Waals surface area contributed by atoms with Crippen molar-refractivity contribution in [1.29, 1.82) is 0 Å². The second-order valence-corrected chi connectivity index (χ2v) is 8.33. The standard InChI is InChI=1S/C22H20FN3O4S/c1-14-19(22(28)24-2)7-4-8-20(14)25-21(27)15-5-3-6-18(13-15)31(29,30)26-17-11-9-16(23)10-12-17/h3-13,26H,1-2H3,(H,24,28)(H,25,27). The van der Waals surface area contributed by atoms with Gasteiger partial charge in [-0.2, -0.15) is 0 Å². The van der Waals surface area contributed by atoms with Crippen LogP contribution in [-0.4, -0.2) is 27.3 Å². The van der Waals surface area contributed by atoms with Crippen molar-refractivity contribution in [3.8, 4) is 0 Å². The molecule has 0 radical (unpaired) electrons. The van der Waals surface area contributed by atoms with Gasteiger partial charge < -0.3 is 10.6 Å². The summed E-state index contributed by atoms with van der Waals surface area (Å²) in [5.41, 5.74) is 1.74. The Morgan fingerprint density at radius 2 is 1.58 bits per heavy atom. The van der Waals surface area contributed by atoms with Gasteiger partial charge in [-0.1, -0.05) is 12.1 Å². The molecular weight excluding hydrogens is 421 g/mol. The van der Waals surface area contributed by atoms with Gasteiger partial charge >= 0.3 is 0 Å². The zero-order valence-corrected chi connectivity index (χ0v) is 17.6. The minimum absolute atomic E-state index is 0.117. The second-order valence-electron chi connectivity index (χ2n) is 6.65. The SMILES string of the molecule is CNC(=O)c1cccc(NC(=O)c2cccc(S(=O)(=O)Nc3ccc(F)cc3)c2)c1C. The van der Waals surface area contributed by atoms with Gasteiger partial charge in [-0.3, -0.25) is 14.3 Å². The van der Waals surface area contributed by atoms with E-state index in [0.29, 0.717) is 16.8 Å². The first kappa shape index (κ1) is 22.0. The lowest BCUT2D eigenvalue weighted by Crippen LogP contribution is -2.20. The van der Waals surface area contributed by atoms with E-state index in [1.165, 1.54) is 43.4 Å². The van der Waals surface area contributed by atoms with E-state index >= 15 is 0 Å². The number of nitrogens with one attached hydrogen (secondary N) is 3. The number of carbonyl (C=O) groups is 2. The monoisotopic (exact) mass is 441 g/mol. The van der Waals surface area contributed by atoms with Crippen molar-refractivity contribution in [3.63, 3.8) is 0 Å². The van der Waals surface area contributed by atoms with Gasteiger partial charge in [0.1, 0.15) is 5.82 Å². The summed E-state index contributed by atoms with van der Waals surface area (Å²) in [6.45, 7) is 1.70. The van der Waals surface area contributed by atoms with Crippen molar-refractivity contribution in [2.75, 3.05) is 17.1 Å². The summed E-state index contributed by atoms with van der Waals surface area (Å²) in [6, 6.07) is 15.3. The highest BCUT2D eigenvalue weighted by Gasteiger charge is 2.18. The molecule has 0 saturated heterocycles. The average Bonchev–Trinajstić information content (AvgIpc) is 2.76. The molecule has 0 fully saturated rings. The number of hydrogen-bond acceptors (Lipinski definition) is 4. The van der Waals surface area contributed by atoms with E-state index in [1.54, 1.807) is 25.1 Å². The van der Waals surface area contributed by atoms with Crippen LogP contribution < -0.4 is 15.4 Å². The fraction of sp³-hybridized carbons (Fsp3) is 0.0909. The molecule has 31 heavy (non-hydrogen) atoms. The summed E-state index contributed by atoms with van der Waals surface area (Å²) in [4.78, 5) is 24.5. The van der Waals surface area contributed by atoms with Crippen LogP contribution in [0.3, 0.4) is 0 Å². The number of amides is 2. The van der Waals surface area contributed by atoms with Gasteiger partial charge in [0.2, 0.25) is 0 Å². The van der Waals surface area contributed by atoms with E-state index in [0.717, 1.165) is 12.1 Å². The molecule has 9 heteroatoms. The molecule has 0 aromatic heterocycles. The maximum atomic E-state index is 13.0. The number of sulfonamides is 1. The van der Waals surface area contributed by atoms with Crippen LogP contribution in [0.2, 0.25) is 0 Å². The molecule has 7 nitrogen and oxygen atoms in total. The summed E-state index contributed by atoms with van der Waals surface area (Å²) >= 11 is 0. The highest BCUT2D eigenvalue weighted by atomic mass is 32.2. The maximum Gasteiger partial charge on any atom is 0.261 e. The van der Waals surface area contributed by atoms with E-state index in [9.17, 15) is 22.4 Å². The Bertz CT molecular complexity index is 1240. The molecule has 160 valence electrons. The van der Waals surface area contributed by atoms with Crippen molar-refractivity contribution in [2.45, 2.75) is 11.8 Å². The third-order valence-electron chi connectivity index (χ3n) is 4.56. The lowest BCUT2D eigenvalue weighted by atomic mass is 10.1. The summed E-state index contributed by atoms with van der Waals surface area (Å²) in [6.07, 6.45) is 0. The first-order chi connectivity index (χ1) is 14.7. The highest BCUT2D eigenvalue weighted by molar-refractivity contribution is 7.92. The molecule has 3 rings (SSSR count). The smallest absolute Gasteiger partial charge is 0.261 e. The molecule has 0 atom stereocenters. The highest BCUT2D eigenvalue weighted by Crippen LogP contribution is 2.21. The predicted molar refractivity (Wildman–Crippen MR) is 116 cm³/mol. The fourth-order valence-corrected chi connectivity index (χ4v) is 3.99. The molecule has 0 saturated carbocycles. The molecule has 2 amide bonds. The molecule has 3 aromatic rings. The number of anilines is 2. The van der Waals surface area contributed by atoms with Crippen LogP contribution in [0.25, 0.3) is 0 Å². The molecular formula is C22H20FN3O4S. The third-order valence-corrected chi connectivity index (χ3v) is 5.94. The topological polar surface area (TPSA) is 104 Å². The summed E-state index contributed by atoms with van der Waals surface area (Å²) in [7, 11) is -2.48. The molecule has 3 aromatic carbocycles. The largest absolute Gasteiger partial charge is 0.355 e. The Morgan fingerprint density at radius 1 is 0.903 bits per heavy atom. The Labute approximate surface area is 179 Å². The number of carbonyl (C=O) groups excluding carboxylic acids is 2. The molecule has 0 aliphatic heterocycles. The van der Waals surface area contributed by atoms with Crippen molar-refractivity contribution >= 4 is 33.2 Å². The van der Waals surface area contributed by atoms with Crippen molar-refractivity contribution in [3.05, 3.63) is 89.2 Å². The molecule has 0 bridgehead atoms. The predicted octanol–water partition coefficient (Wildman–Crippen LogP) is 3.55. The third kappa shape index (κ3) is 5.07. The van der Waals surface area contributed by atoms with Crippen LogP contribution in [0.1, 0.15) is 26.3 Å². The zero-order valence-electron chi connectivity index (χ0n) is 16.8. The van der Waals surface area contributed by atoms with Crippen molar-refractivity contribution in [2.24, 2.45) is 0 Å². The first-order valence-corrected chi connectivity index (χ1v) is 10.7. The van der Waals surface area contributed by atoms with Crippen LogP contribution in [0.5, 0.6) is 0 Å². The normalized spacial score (nSPS) is 10.9. The van der Waals surface area contributed by atoms with Gasteiger partial charge in [0, 0.05) is 29.5 Å². The number of benzene rings is 3. The van der Waals surface area contributed by atoms with Crippen LogP contribution in [0.4, 0.5) is 15.8 Å². The molecule has 0 spiro atoms. The molecule has 0 heterocycles. The summed E-state index contributed by atoms with van der Waals surface area (Å²) in [5, 5.41) is 5.24. The molecule has 3 N–H and O–H groups in total. The lowest BCUT2D eigenvalue weighted by molar-refractivity contribution is 0.0960. The second kappa shape index (κ2) is 8.97. The van der Waals surface area contributed by atoms with Crippen LogP contribution in [-0.2, 0) is 10.0 Å². The van der Waals surface area contributed by atoms with Crippen LogP contribution in [0, 0.1) is 12.7 Å². The van der Waals surface area contributed by atoms with Crippen LogP contribution >= 0.6 is 0 Å². The summed E-state index contributed by atoms with van der Waals surface area (Å²) < 4.78 is 40.7. The van der Waals surface area contributed by atoms with Gasteiger partial charge in [-0.25, -0.2) is 12.8 Å².